The zero-order valence-electron chi connectivity index (χ0n) is 22.8. The number of amides is 1. The molecule has 2 unspecified atom stereocenters. The van der Waals surface area contributed by atoms with Crippen molar-refractivity contribution in [2.24, 2.45) is 10.9 Å². The average molecular weight is 596 g/mol. The second-order valence-electron chi connectivity index (χ2n) is 9.70. The van der Waals surface area contributed by atoms with Crippen molar-refractivity contribution in [1.82, 2.24) is 5.32 Å². The van der Waals surface area contributed by atoms with E-state index in [9.17, 15) is 18.0 Å². The van der Waals surface area contributed by atoms with Crippen LogP contribution in [0.15, 0.2) is 89.9 Å². The zero-order chi connectivity index (χ0) is 29.4. The van der Waals surface area contributed by atoms with E-state index in [0.717, 1.165) is 28.2 Å². The molecule has 0 spiro atoms. The average Bonchev–Trinajstić information content (AvgIpc) is 3.41. The van der Waals surface area contributed by atoms with Crippen LogP contribution in [0.25, 0.3) is 0 Å². The lowest BCUT2D eigenvalue weighted by Crippen LogP contribution is -2.46. The summed E-state index contributed by atoms with van der Waals surface area (Å²) in [5.74, 6) is -2.14. The molecule has 0 saturated heterocycles. The molecule has 1 heterocycles. The number of nitrogens with zero attached hydrogens (tertiary/aromatic N) is 1. The molecule has 0 fully saturated rings. The number of anilines is 1. The number of nitrogens with one attached hydrogen (secondary N) is 2. The van der Waals surface area contributed by atoms with Gasteiger partial charge in [0.05, 0.1) is 35.2 Å². The summed E-state index contributed by atoms with van der Waals surface area (Å²) < 4.78 is 38.4. The molecule has 0 radical (unpaired) electrons. The Hall–Kier alpha value is -3.67. The highest BCUT2D eigenvalue weighted by atomic mass is 32.2. The maximum atomic E-state index is 13.6. The molecular formula is C30H33N3O6S2. The van der Waals surface area contributed by atoms with Crippen LogP contribution in [0, 0.1) is 5.92 Å². The van der Waals surface area contributed by atoms with Crippen LogP contribution >= 0.6 is 11.8 Å². The molecule has 3 N–H and O–H groups in total. The molecule has 41 heavy (non-hydrogen) atoms. The molecule has 216 valence electrons. The predicted octanol–water partition coefficient (Wildman–Crippen LogP) is 4.63. The number of carbonyl (C=O) groups is 2. The Morgan fingerprint density at radius 2 is 1.56 bits per heavy atom. The highest BCUT2D eigenvalue weighted by Crippen LogP contribution is 2.42. The first-order valence-electron chi connectivity index (χ1n) is 13.2. The summed E-state index contributed by atoms with van der Waals surface area (Å²) in [6.07, 6.45) is 1.35. The number of hydrogen-bond acceptors (Lipinski definition) is 7. The fourth-order valence-electron chi connectivity index (χ4n) is 4.72. The number of methoxy groups -OCH3 is 1. The molecule has 11 heteroatoms. The molecule has 4 atom stereocenters. The van der Waals surface area contributed by atoms with Gasteiger partial charge in [0.2, 0.25) is 5.91 Å². The highest BCUT2D eigenvalue weighted by molar-refractivity contribution is 8.14. The number of hydrogen-bond donors (Lipinski definition) is 3. The normalized spacial score (nSPS) is 18.2. The van der Waals surface area contributed by atoms with Crippen molar-refractivity contribution in [2.45, 2.75) is 43.5 Å². The second kappa shape index (κ2) is 13.8. The Bertz CT molecular complexity index is 1470. The largest absolute Gasteiger partial charge is 0.468 e. The van der Waals surface area contributed by atoms with Crippen LogP contribution in [-0.2, 0) is 37.5 Å². The lowest BCUT2D eigenvalue weighted by Gasteiger charge is -2.23. The molecule has 1 aliphatic heterocycles. The number of ether oxygens (including phenoxy) is 1. The number of carbonyl (C=O) groups excluding carboxylic acids is 2. The number of aliphatic imine (C=N–C) groups is 1. The van der Waals surface area contributed by atoms with Crippen molar-refractivity contribution in [3.05, 3.63) is 102 Å². The maximum absolute atomic E-state index is 13.6. The predicted molar refractivity (Wildman–Crippen MR) is 161 cm³/mol. The van der Waals surface area contributed by atoms with Crippen molar-refractivity contribution in [3.63, 3.8) is 0 Å². The number of benzene rings is 3. The van der Waals surface area contributed by atoms with Crippen molar-refractivity contribution >= 4 is 44.7 Å². The first-order chi connectivity index (χ1) is 19.7. The van der Waals surface area contributed by atoms with Crippen LogP contribution in [0.3, 0.4) is 0 Å². The van der Waals surface area contributed by atoms with Crippen LogP contribution in [0.1, 0.15) is 35.3 Å². The smallest absolute Gasteiger partial charge is 0.357 e. The van der Waals surface area contributed by atoms with E-state index in [1.54, 1.807) is 23.9 Å². The van der Waals surface area contributed by atoms with Crippen molar-refractivity contribution in [1.29, 1.82) is 0 Å². The molecule has 1 amide bonds. The summed E-state index contributed by atoms with van der Waals surface area (Å²) in [5, 5.41) is 3.90. The van der Waals surface area contributed by atoms with E-state index in [1.807, 2.05) is 53.3 Å². The van der Waals surface area contributed by atoms with Gasteiger partial charge in [-0.25, -0.2) is 0 Å². The van der Waals surface area contributed by atoms with E-state index in [4.69, 9.17) is 14.3 Å². The van der Waals surface area contributed by atoms with Gasteiger partial charge in [0, 0.05) is 0 Å². The van der Waals surface area contributed by atoms with Crippen LogP contribution in [-0.4, -0.2) is 49.1 Å². The van der Waals surface area contributed by atoms with Crippen molar-refractivity contribution in [2.75, 3.05) is 11.8 Å². The lowest BCUT2D eigenvalue weighted by molar-refractivity contribution is -0.150. The van der Waals surface area contributed by atoms with Gasteiger partial charge in [-0.3, -0.25) is 23.9 Å². The van der Waals surface area contributed by atoms with E-state index in [-0.39, 0.29) is 23.4 Å². The fourth-order valence-corrected chi connectivity index (χ4v) is 6.62. The number of rotatable bonds is 12. The summed E-state index contributed by atoms with van der Waals surface area (Å²) in [6.45, 7) is 2.08. The third-order valence-electron chi connectivity index (χ3n) is 6.78. The molecule has 9 nitrogen and oxygen atoms in total. The monoisotopic (exact) mass is 595 g/mol. The minimum absolute atomic E-state index is 0.0128. The molecule has 3 aromatic rings. The van der Waals surface area contributed by atoms with Crippen LogP contribution in [0.4, 0.5) is 5.69 Å². The summed E-state index contributed by atoms with van der Waals surface area (Å²) in [5.41, 5.74) is 2.98. The van der Waals surface area contributed by atoms with Gasteiger partial charge in [-0.2, -0.15) is 8.42 Å². The van der Waals surface area contributed by atoms with Gasteiger partial charge in [-0.15, -0.1) is 0 Å². The Labute approximate surface area is 244 Å². The first kappa shape index (κ1) is 30.3. The molecule has 1 aliphatic rings. The maximum Gasteiger partial charge on any atom is 0.357 e. The number of esters is 1. The molecular weight excluding hydrogens is 562 g/mol. The van der Waals surface area contributed by atoms with E-state index in [1.165, 1.54) is 19.2 Å². The molecule has 4 rings (SSSR count). The fraction of sp³-hybridized carbons (Fsp3) is 0.300. The molecule has 3 aromatic carbocycles. The Morgan fingerprint density at radius 1 is 0.951 bits per heavy atom. The van der Waals surface area contributed by atoms with Gasteiger partial charge in [0.1, 0.15) is 5.92 Å². The summed E-state index contributed by atoms with van der Waals surface area (Å²) in [6, 6.07) is 25.3. The third kappa shape index (κ3) is 8.42. The summed E-state index contributed by atoms with van der Waals surface area (Å²) >= 11 is 1.60. The van der Waals surface area contributed by atoms with Gasteiger partial charge >= 0.3 is 16.3 Å². The Kier molecular flexibility index (Phi) is 10.2. The van der Waals surface area contributed by atoms with Gasteiger partial charge in [0.15, 0.2) is 0 Å². The van der Waals surface area contributed by atoms with Gasteiger partial charge in [0.25, 0.3) is 0 Å². The standard InChI is InChI=1S/C30H33N3O6S2/c1-3-25-27(22-12-8-5-9-13-22)40-29(32-25)26(19-21-14-16-23(17-15-21)33-41(36,37)38)31-28(34)24(30(35)39-2)18-20-10-6-4-7-11-20/h4-17,24-27,33H,3,18-19H2,1-2H3,(H,31,34)(H,36,37,38)/t24-,25?,26-,27?/m0/s1. The molecule has 0 saturated carbocycles. The van der Waals surface area contributed by atoms with E-state index in [0.29, 0.717) is 6.42 Å². The van der Waals surface area contributed by atoms with Crippen LogP contribution in [0.2, 0.25) is 0 Å². The van der Waals surface area contributed by atoms with E-state index >= 15 is 0 Å². The lowest BCUT2D eigenvalue weighted by atomic mass is 9.97. The number of thioether (sulfide) groups is 1. The SMILES string of the molecule is CCC1N=C([C@H](Cc2ccc(NS(=O)(=O)O)cc2)NC(=O)[C@H](Cc2ccccc2)C(=O)OC)SC1c1ccccc1. The molecule has 0 bridgehead atoms. The third-order valence-corrected chi connectivity index (χ3v) is 8.74. The van der Waals surface area contributed by atoms with Crippen molar-refractivity contribution in [3.8, 4) is 0 Å². The first-order valence-corrected chi connectivity index (χ1v) is 15.5. The van der Waals surface area contributed by atoms with Crippen LogP contribution < -0.4 is 10.0 Å². The van der Waals surface area contributed by atoms with Crippen molar-refractivity contribution < 1.29 is 27.3 Å². The van der Waals surface area contributed by atoms with E-state index in [2.05, 4.69) is 24.4 Å². The quantitative estimate of drug-likeness (QED) is 0.158. The van der Waals surface area contributed by atoms with E-state index < -0.39 is 34.1 Å². The van der Waals surface area contributed by atoms with Crippen LogP contribution in [0.5, 0.6) is 0 Å². The Morgan fingerprint density at radius 3 is 2.15 bits per heavy atom. The summed E-state index contributed by atoms with van der Waals surface area (Å²) in [7, 11) is -3.14. The van der Waals surface area contributed by atoms with Gasteiger partial charge in [-0.05, 0) is 48.1 Å². The molecule has 0 aromatic heterocycles. The highest BCUT2D eigenvalue weighted by Gasteiger charge is 2.36. The van der Waals surface area contributed by atoms with Gasteiger partial charge in [-0.1, -0.05) is 91.5 Å². The topological polar surface area (TPSA) is 134 Å². The minimum atomic E-state index is -4.40. The zero-order valence-corrected chi connectivity index (χ0v) is 24.4. The summed E-state index contributed by atoms with van der Waals surface area (Å²) in [4.78, 5) is 31.4. The minimum Gasteiger partial charge on any atom is -0.468 e. The Balaban J connectivity index is 1.61. The molecule has 0 aliphatic carbocycles. The van der Waals surface area contributed by atoms with Gasteiger partial charge < -0.3 is 10.1 Å². The second-order valence-corrected chi connectivity index (χ2v) is 12.0.